The maximum absolute atomic E-state index is 13.1. The van der Waals surface area contributed by atoms with Crippen LogP contribution in [-0.4, -0.2) is 9.78 Å². The molecule has 27 heavy (non-hydrogen) atoms. The van der Waals surface area contributed by atoms with Gasteiger partial charge in [-0.1, -0.05) is 31.0 Å². The van der Waals surface area contributed by atoms with E-state index in [2.05, 4.69) is 17.3 Å². The molecule has 0 saturated carbocycles. The topological polar surface area (TPSA) is 43.0 Å². The largest absolute Gasteiger partial charge is 0.469 e. The van der Waals surface area contributed by atoms with Crippen molar-refractivity contribution < 1.29 is 17.6 Å². The van der Waals surface area contributed by atoms with E-state index in [1.807, 2.05) is 35.9 Å². The zero-order valence-electron chi connectivity index (χ0n) is 15.5. The fraction of sp³-hybridized carbons (Fsp3) is 0.350. The Balaban J connectivity index is 1.88. The van der Waals surface area contributed by atoms with Crippen LogP contribution in [0.5, 0.6) is 0 Å². The highest BCUT2D eigenvalue weighted by atomic mass is 19.4. The fourth-order valence-corrected chi connectivity index (χ4v) is 3.03. The minimum absolute atomic E-state index is 0.0213. The Morgan fingerprint density at radius 1 is 1.15 bits per heavy atom. The molecule has 2 aromatic heterocycles. The number of aromatic nitrogens is 2. The van der Waals surface area contributed by atoms with Crippen molar-refractivity contribution in [3.63, 3.8) is 0 Å². The van der Waals surface area contributed by atoms with Crippen LogP contribution >= 0.6 is 0 Å². The molecule has 3 aromatic rings. The van der Waals surface area contributed by atoms with Gasteiger partial charge in [0, 0.05) is 12.1 Å². The van der Waals surface area contributed by atoms with Crippen LogP contribution in [0, 0.1) is 13.8 Å². The molecule has 0 fully saturated rings. The lowest BCUT2D eigenvalue weighted by atomic mass is 10.1. The Bertz CT molecular complexity index is 908. The van der Waals surface area contributed by atoms with E-state index in [1.165, 1.54) is 6.92 Å². The van der Waals surface area contributed by atoms with Gasteiger partial charge in [-0.05, 0) is 32.4 Å². The zero-order chi connectivity index (χ0) is 19.6. The standard InChI is InChI=1S/C20H22F3N3O/c1-4-5-19-18(11-25-26(19)15-8-6-13(2)7-9-15)24-10-16-14(3)27-12-17(16)20(21,22)23/h6-9,11-12,24H,4-5,10H2,1-3H3. The molecule has 1 aromatic carbocycles. The molecule has 0 atom stereocenters. The molecule has 0 radical (unpaired) electrons. The third-order valence-electron chi connectivity index (χ3n) is 4.50. The first-order valence-electron chi connectivity index (χ1n) is 8.83. The number of benzene rings is 1. The quantitative estimate of drug-likeness (QED) is 0.602. The second kappa shape index (κ2) is 7.50. The summed E-state index contributed by atoms with van der Waals surface area (Å²) in [7, 11) is 0. The number of rotatable bonds is 6. The Morgan fingerprint density at radius 2 is 1.85 bits per heavy atom. The highest BCUT2D eigenvalue weighted by Gasteiger charge is 2.36. The third kappa shape index (κ3) is 4.02. The van der Waals surface area contributed by atoms with Crippen LogP contribution in [-0.2, 0) is 19.1 Å². The van der Waals surface area contributed by atoms with Crippen LogP contribution in [0.2, 0.25) is 0 Å². The molecular formula is C20H22F3N3O. The molecule has 2 heterocycles. The van der Waals surface area contributed by atoms with E-state index >= 15 is 0 Å². The second-order valence-electron chi connectivity index (χ2n) is 6.54. The summed E-state index contributed by atoms with van der Waals surface area (Å²) in [5, 5.41) is 7.55. The van der Waals surface area contributed by atoms with Crippen LogP contribution in [0.4, 0.5) is 18.9 Å². The summed E-state index contributed by atoms with van der Waals surface area (Å²) in [6.07, 6.45) is -0.354. The normalized spacial score (nSPS) is 11.8. The van der Waals surface area contributed by atoms with Crippen LogP contribution in [0.25, 0.3) is 5.69 Å². The Kier molecular flexibility index (Phi) is 5.30. The lowest BCUT2D eigenvalue weighted by molar-refractivity contribution is -0.138. The molecular weight excluding hydrogens is 355 g/mol. The first kappa shape index (κ1) is 19.1. The maximum atomic E-state index is 13.1. The highest BCUT2D eigenvalue weighted by Crippen LogP contribution is 2.35. The molecule has 0 aliphatic carbocycles. The SMILES string of the molecule is CCCc1c(NCc2c(C(F)(F)F)coc2C)cnn1-c1ccc(C)cc1. The summed E-state index contributed by atoms with van der Waals surface area (Å²) in [5.41, 5.74) is 3.12. The maximum Gasteiger partial charge on any atom is 0.419 e. The number of furan rings is 1. The van der Waals surface area contributed by atoms with E-state index in [9.17, 15) is 13.2 Å². The molecule has 0 spiro atoms. The summed E-state index contributed by atoms with van der Waals surface area (Å²) < 4.78 is 46.2. The number of nitrogens with one attached hydrogen (secondary N) is 1. The number of nitrogens with zero attached hydrogens (tertiary/aromatic N) is 2. The smallest absolute Gasteiger partial charge is 0.419 e. The third-order valence-corrected chi connectivity index (χ3v) is 4.50. The Labute approximate surface area is 156 Å². The molecule has 3 rings (SSSR count). The number of hydrogen-bond donors (Lipinski definition) is 1. The molecule has 0 saturated heterocycles. The first-order chi connectivity index (χ1) is 12.8. The van der Waals surface area contributed by atoms with E-state index in [1.54, 1.807) is 6.20 Å². The van der Waals surface area contributed by atoms with Crippen molar-refractivity contribution in [3.8, 4) is 5.69 Å². The minimum atomic E-state index is -4.44. The van der Waals surface area contributed by atoms with Gasteiger partial charge < -0.3 is 9.73 Å². The predicted octanol–water partition coefficient (Wildman–Crippen LogP) is 5.67. The van der Waals surface area contributed by atoms with Crippen LogP contribution < -0.4 is 5.32 Å². The van der Waals surface area contributed by atoms with Crippen molar-refractivity contribution in [2.24, 2.45) is 0 Å². The monoisotopic (exact) mass is 377 g/mol. The van der Waals surface area contributed by atoms with E-state index in [0.717, 1.165) is 41.7 Å². The van der Waals surface area contributed by atoms with Crippen molar-refractivity contribution in [2.45, 2.75) is 46.3 Å². The van der Waals surface area contributed by atoms with Gasteiger partial charge in [-0.3, -0.25) is 0 Å². The summed E-state index contributed by atoms with van der Waals surface area (Å²) in [4.78, 5) is 0. The van der Waals surface area contributed by atoms with Crippen molar-refractivity contribution in [3.05, 3.63) is 64.9 Å². The van der Waals surface area contributed by atoms with Crippen molar-refractivity contribution in [1.29, 1.82) is 0 Å². The Hall–Kier alpha value is -2.70. The molecule has 0 unspecified atom stereocenters. The molecule has 0 aliphatic rings. The fourth-order valence-electron chi connectivity index (χ4n) is 3.03. The predicted molar refractivity (Wildman–Crippen MR) is 98.1 cm³/mol. The second-order valence-corrected chi connectivity index (χ2v) is 6.54. The number of alkyl halides is 3. The molecule has 144 valence electrons. The number of anilines is 1. The van der Waals surface area contributed by atoms with Gasteiger partial charge in [-0.2, -0.15) is 18.3 Å². The summed E-state index contributed by atoms with van der Waals surface area (Å²) >= 11 is 0. The average Bonchev–Trinajstić information content (AvgIpc) is 3.17. The van der Waals surface area contributed by atoms with E-state index in [4.69, 9.17) is 4.42 Å². The highest BCUT2D eigenvalue weighted by molar-refractivity contribution is 5.51. The lowest BCUT2D eigenvalue weighted by Crippen LogP contribution is -2.11. The van der Waals surface area contributed by atoms with Gasteiger partial charge in [0.2, 0.25) is 0 Å². The average molecular weight is 377 g/mol. The van der Waals surface area contributed by atoms with E-state index in [-0.39, 0.29) is 17.9 Å². The van der Waals surface area contributed by atoms with Crippen LogP contribution in [0.1, 0.15) is 41.5 Å². The van der Waals surface area contributed by atoms with Gasteiger partial charge in [0.05, 0.1) is 28.8 Å². The Morgan fingerprint density at radius 3 is 2.48 bits per heavy atom. The van der Waals surface area contributed by atoms with Crippen molar-refractivity contribution >= 4 is 5.69 Å². The lowest BCUT2D eigenvalue weighted by Gasteiger charge is -2.12. The van der Waals surface area contributed by atoms with Gasteiger partial charge in [-0.15, -0.1) is 0 Å². The van der Waals surface area contributed by atoms with Crippen LogP contribution in [0.15, 0.2) is 41.1 Å². The van der Waals surface area contributed by atoms with Crippen molar-refractivity contribution in [2.75, 3.05) is 5.32 Å². The number of hydrogen-bond acceptors (Lipinski definition) is 3. The first-order valence-corrected chi connectivity index (χ1v) is 8.83. The van der Waals surface area contributed by atoms with Crippen LogP contribution in [0.3, 0.4) is 0 Å². The molecule has 7 heteroatoms. The number of halogens is 3. The minimum Gasteiger partial charge on any atom is -0.469 e. The van der Waals surface area contributed by atoms with E-state index < -0.39 is 11.7 Å². The summed E-state index contributed by atoms with van der Waals surface area (Å²) in [6, 6.07) is 7.97. The molecule has 0 bridgehead atoms. The molecule has 4 nitrogen and oxygen atoms in total. The zero-order valence-corrected chi connectivity index (χ0v) is 15.5. The van der Waals surface area contributed by atoms with Gasteiger partial charge in [0.25, 0.3) is 0 Å². The molecule has 1 N–H and O–H groups in total. The van der Waals surface area contributed by atoms with E-state index in [0.29, 0.717) is 0 Å². The van der Waals surface area contributed by atoms with Gasteiger partial charge in [-0.25, -0.2) is 4.68 Å². The van der Waals surface area contributed by atoms with Gasteiger partial charge >= 0.3 is 6.18 Å². The molecule has 0 amide bonds. The van der Waals surface area contributed by atoms with Gasteiger partial charge in [0.1, 0.15) is 12.0 Å². The van der Waals surface area contributed by atoms with Crippen molar-refractivity contribution in [1.82, 2.24) is 9.78 Å². The molecule has 0 aliphatic heterocycles. The van der Waals surface area contributed by atoms with Gasteiger partial charge in [0.15, 0.2) is 0 Å². The summed E-state index contributed by atoms with van der Waals surface area (Å²) in [6.45, 7) is 5.62. The number of aryl methyl sites for hydroxylation is 2. The summed E-state index contributed by atoms with van der Waals surface area (Å²) in [5.74, 6) is 0.262.